The summed E-state index contributed by atoms with van der Waals surface area (Å²) < 4.78 is 28.6. The van der Waals surface area contributed by atoms with Gasteiger partial charge in [0.2, 0.25) is 10.0 Å². The van der Waals surface area contributed by atoms with Crippen LogP contribution in [0.3, 0.4) is 0 Å². The lowest BCUT2D eigenvalue weighted by molar-refractivity contribution is 0.515. The molecule has 0 aliphatic carbocycles. The van der Waals surface area contributed by atoms with Crippen LogP contribution >= 0.6 is 0 Å². The Morgan fingerprint density at radius 1 is 1.44 bits per heavy atom. The zero-order valence-electron chi connectivity index (χ0n) is 11.4. The molecule has 18 heavy (non-hydrogen) atoms. The van der Waals surface area contributed by atoms with Gasteiger partial charge in [-0.3, -0.25) is 4.68 Å². The summed E-state index contributed by atoms with van der Waals surface area (Å²) in [6, 6.07) is 0. The Morgan fingerprint density at radius 3 is 2.50 bits per heavy atom. The van der Waals surface area contributed by atoms with Gasteiger partial charge in [-0.2, -0.15) is 5.10 Å². The van der Waals surface area contributed by atoms with Crippen molar-refractivity contribution < 1.29 is 8.42 Å². The second-order valence-electron chi connectivity index (χ2n) is 4.66. The third-order valence-corrected chi connectivity index (χ3v) is 4.67. The van der Waals surface area contributed by atoms with Gasteiger partial charge in [0.25, 0.3) is 0 Å². The standard InChI is InChI=1S/C11H22N4O2S/c1-8(5-6-12)7-13-18(16,17)11-9(2)14-15(4)10(11)3/h8,13H,5-7,12H2,1-4H3. The summed E-state index contributed by atoms with van der Waals surface area (Å²) in [7, 11) is -1.75. The quantitative estimate of drug-likeness (QED) is 0.780. The summed E-state index contributed by atoms with van der Waals surface area (Å²) in [5.41, 5.74) is 6.61. The Balaban J connectivity index is 2.87. The van der Waals surface area contributed by atoms with Crippen LogP contribution in [-0.4, -0.2) is 31.3 Å². The Bertz CT molecular complexity index is 507. The predicted molar refractivity (Wildman–Crippen MR) is 70.7 cm³/mol. The molecule has 104 valence electrons. The van der Waals surface area contributed by atoms with Crippen molar-refractivity contribution in [2.45, 2.75) is 32.1 Å². The molecule has 0 aliphatic rings. The van der Waals surface area contributed by atoms with E-state index in [4.69, 9.17) is 5.73 Å². The minimum atomic E-state index is -3.49. The first-order valence-electron chi connectivity index (χ1n) is 5.99. The topological polar surface area (TPSA) is 90.0 Å². The highest BCUT2D eigenvalue weighted by Crippen LogP contribution is 2.18. The van der Waals surface area contributed by atoms with E-state index in [1.807, 2.05) is 6.92 Å². The number of sulfonamides is 1. The maximum absolute atomic E-state index is 12.2. The van der Waals surface area contributed by atoms with Gasteiger partial charge in [-0.25, -0.2) is 13.1 Å². The molecule has 1 heterocycles. The van der Waals surface area contributed by atoms with E-state index in [1.54, 1.807) is 25.6 Å². The minimum Gasteiger partial charge on any atom is -0.330 e. The highest BCUT2D eigenvalue weighted by Gasteiger charge is 2.23. The van der Waals surface area contributed by atoms with Gasteiger partial charge in [0.15, 0.2) is 0 Å². The molecule has 0 aliphatic heterocycles. The zero-order chi connectivity index (χ0) is 13.9. The lowest BCUT2D eigenvalue weighted by Gasteiger charge is -2.12. The van der Waals surface area contributed by atoms with Gasteiger partial charge < -0.3 is 5.73 Å². The van der Waals surface area contributed by atoms with Crippen molar-refractivity contribution >= 4 is 10.0 Å². The molecule has 0 saturated heterocycles. The van der Waals surface area contributed by atoms with Crippen LogP contribution in [-0.2, 0) is 17.1 Å². The van der Waals surface area contributed by atoms with E-state index in [-0.39, 0.29) is 10.8 Å². The van der Waals surface area contributed by atoms with Gasteiger partial charge in [0.05, 0.1) is 11.4 Å². The molecular weight excluding hydrogens is 252 g/mol. The molecule has 0 saturated carbocycles. The number of aryl methyl sites for hydroxylation is 2. The highest BCUT2D eigenvalue weighted by molar-refractivity contribution is 7.89. The lowest BCUT2D eigenvalue weighted by atomic mass is 10.1. The number of hydrogen-bond acceptors (Lipinski definition) is 4. The fourth-order valence-electron chi connectivity index (χ4n) is 1.85. The van der Waals surface area contributed by atoms with Crippen molar-refractivity contribution in [3.63, 3.8) is 0 Å². The van der Waals surface area contributed by atoms with E-state index in [1.165, 1.54) is 0 Å². The molecule has 7 heteroatoms. The first-order valence-corrected chi connectivity index (χ1v) is 7.47. The predicted octanol–water partition coefficient (Wildman–Crippen LogP) is 0.300. The van der Waals surface area contributed by atoms with Crippen molar-refractivity contribution in [2.24, 2.45) is 18.7 Å². The molecule has 1 unspecified atom stereocenters. The second kappa shape index (κ2) is 5.81. The molecule has 0 radical (unpaired) electrons. The Morgan fingerprint density at radius 2 is 2.06 bits per heavy atom. The normalized spacial score (nSPS) is 13.8. The summed E-state index contributed by atoms with van der Waals surface area (Å²) in [4.78, 5) is 0.282. The number of nitrogens with two attached hydrogens (primary N) is 1. The van der Waals surface area contributed by atoms with Crippen LogP contribution in [0.25, 0.3) is 0 Å². The average molecular weight is 274 g/mol. The lowest BCUT2D eigenvalue weighted by Crippen LogP contribution is -2.30. The van der Waals surface area contributed by atoms with Gasteiger partial charge >= 0.3 is 0 Å². The van der Waals surface area contributed by atoms with Gasteiger partial charge in [-0.05, 0) is 32.7 Å². The van der Waals surface area contributed by atoms with E-state index >= 15 is 0 Å². The molecule has 0 bridgehead atoms. The molecule has 1 aromatic rings. The van der Waals surface area contributed by atoms with Crippen LogP contribution in [0.4, 0.5) is 0 Å². The Hall–Kier alpha value is -0.920. The molecule has 6 nitrogen and oxygen atoms in total. The Labute approximate surface area is 109 Å². The Kier molecular flexibility index (Phi) is 4.89. The first kappa shape index (κ1) is 15.1. The minimum absolute atomic E-state index is 0.224. The summed E-state index contributed by atoms with van der Waals surface area (Å²) in [6.07, 6.45) is 0.799. The second-order valence-corrected chi connectivity index (χ2v) is 6.36. The fraction of sp³-hybridized carbons (Fsp3) is 0.727. The molecule has 0 aromatic carbocycles. The molecular formula is C11H22N4O2S. The maximum Gasteiger partial charge on any atom is 0.244 e. The van der Waals surface area contributed by atoms with Gasteiger partial charge in [-0.1, -0.05) is 6.92 Å². The van der Waals surface area contributed by atoms with Crippen molar-refractivity contribution in [1.29, 1.82) is 0 Å². The molecule has 0 amide bonds. The van der Waals surface area contributed by atoms with E-state index in [9.17, 15) is 8.42 Å². The van der Waals surface area contributed by atoms with Crippen molar-refractivity contribution in [3.8, 4) is 0 Å². The molecule has 1 aromatic heterocycles. The molecule has 3 N–H and O–H groups in total. The molecule has 0 fully saturated rings. The average Bonchev–Trinajstić information content (AvgIpc) is 2.51. The van der Waals surface area contributed by atoms with Crippen molar-refractivity contribution in [3.05, 3.63) is 11.4 Å². The summed E-state index contributed by atoms with van der Waals surface area (Å²) in [5.74, 6) is 0.224. The van der Waals surface area contributed by atoms with E-state index < -0.39 is 10.0 Å². The highest BCUT2D eigenvalue weighted by atomic mass is 32.2. The summed E-state index contributed by atoms with van der Waals surface area (Å²) >= 11 is 0. The van der Waals surface area contributed by atoms with Crippen LogP contribution in [0.1, 0.15) is 24.7 Å². The SMILES string of the molecule is Cc1nn(C)c(C)c1S(=O)(=O)NCC(C)CCN. The molecule has 1 rings (SSSR count). The number of aromatic nitrogens is 2. The van der Waals surface area contributed by atoms with E-state index in [2.05, 4.69) is 9.82 Å². The van der Waals surface area contributed by atoms with E-state index in [0.29, 0.717) is 24.5 Å². The first-order chi connectivity index (χ1) is 8.29. The third-order valence-electron chi connectivity index (χ3n) is 2.99. The third kappa shape index (κ3) is 3.30. The number of nitrogens with zero attached hydrogens (tertiary/aromatic N) is 2. The fourth-order valence-corrected chi connectivity index (χ4v) is 3.45. The molecule has 1 atom stereocenters. The van der Waals surface area contributed by atoms with Crippen LogP contribution in [0.5, 0.6) is 0 Å². The van der Waals surface area contributed by atoms with Crippen LogP contribution in [0.15, 0.2) is 4.90 Å². The van der Waals surface area contributed by atoms with Gasteiger partial charge in [0, 0.05) is 13.6 Å². The largest absolute Gasteiger partial charge is 0.330 e. The number of rotatable bonds is 6. The van der Waals surface area contributed by atoms with Crippen LogP contribution in [0, 0.1) is 19.8 Å². The maximum atomic E-state index is 12.2. The molecule has 0 spiro atoms. The smallest absolute Gasteiger partial charge is 0.244 e. The van der Waals surface area contributed by atoms with Gasteiger partial charge in [0.1, 0.15) is 4.90 Å². The van der Waals surface area contributed by atoms with Gasteiger partial charge in [-0.15, -0.1) is 0 Å². The van der Waals surface area contributed by atoms with Crippen LogP contribution < -0.4 is 10.5 Å². The van der Waals surface area contributed by atoms with E-state index in [0.717, 1.165) is 6.42 Å². The van der Waals surface area contributed by atoms with Crippen molar-refractivity contribution in [1.82, 2.24) is 14.5 Å². The van der Waals surface area contributed by atoms with Crippen LogP contribution in [0.2, 0.25) is 0 Å². The summed E-state index contributed by atoms with van der Waals surface area (Å²) in [6.45, 7) is 6.38. The summed E-state index contributed by atoms with van der Waals surface area (Å²) in [5, 5.41) is 4.12. The number of hydrogen-bond donors (Lipinski definition) is 2. The zero-order valence-corrected chi connectivity index (χ0v) is 12.2. The number of nitrogens with one attached hydrogen (secondary N) is 1. The monoisotopic (exact) mass is 274 g/mol. The van der Waals surface area contributed by atoms with Crippen molar-refractivity contribution in [2.75, 3.05) is 13.1 Å².